The molecule has 2 amide bonds. The molecule has 1 saturated heterocycles. The molecule has 1 aromatic carbocycles. The van der Waals surface area contributed by atoms with E-state index in [2.05, 4.69) is 14.8 Å². The van der Waals surface area contributed by atoms with Gasteiger partial charge in [0.1, 0.15) is 5.75 Å². The fourth-order valence-electron chi connectivity index (χ4n) is 2.28. The molecule has 0 atom stereocenters. The molecule has 0 saturated carbocycles. The van der Waals surface area contributed by atoms with E-state index >= 15 is 0 Å². The van der Waals surface area contributed by atoms with Crippen molar-refractivity contribution in [3.05, 3.63) is 24.3 Å². The molecule has 13 heteroatoms. The smallest absolute Gasteiger partial charge is 0.358 e. The van der Waals surface area contributed by atoms with E-state index in [-0.39, 0.29) is 37.7 Å². The van der Waals surface area contributed by atoms with Gasteiger partial charge in [0.2, 0.25) is 0 Å². The van der Waals surface area contributed by atoms with E-state index in [1.165, 1.54) is 12.1 Å². The van der Waals surface area contributed by atoms with Gasteiger partial charge in [-0.25, -0.2) is 4.79 Å². The Kier molecular flexibility index (Phi) is 5.80. The van der Waals surface area contributed by atoms with Crippen LogP contribution in [0.2, 0.25) is 0 Å². The average molecular weight is 399 g/mol. The molecule has 2 rings (SSSR count). The zero-order chi connectivity index (χ0) is 18.7. The van der Waals surface area contributed by atoms with E-state index < -0.39 is 26.9 Å². The van der Waals surface area contributed by atoms with Crippen LogP contribution >= 0.6 is 0 Å². The molecule has 0 bridgehead atoms. The second-order valence-electron chi connectivity index (χ2n) is 5.21. The summed E-state index contributed by atoms with van der Waals surface area (Å²) in [6, 6.07) is 4.01. The predicted molar refractivity (Wildman–Crippen MR) is 83.9 cm³/mol. The quantitative estimate of drug-likeness (QED) is 0.715. The summed E-state index contributed by atoms with van der Waals surface area (Å²) in [5.41, 5.74) is 0.296. The van der Waals surface area contributed by atoms with Crippen LogP contribution in [0.3, 0.4) is 0 Å². The Labute approximate surface area is 143 Å². The van der Waals surface area contributed by atoms with Gasteiger partial charge in [0.15, 0.2) is 0 Å². The van der Waals surface area contributed by atoms with Crippen LogP contribution in [0, 0.1) is 0 Å². The first-order valence-electron chi connectivity index (χ1n) is 7.04. The number of amides is 2. The number of anilines is 1. The fourth-order valence-corrected chi connectivity index (χ4v) is 3.27. The number of nitrogens with zero attached hydrogens (tertiary/aromatic N) is 1. The fraction of sp³-hybridized carbons (Fsp3) is 0.417. The summed E-state index contributed by atoms with van der Waals surface area (Å²) in [4.78, 5) is 11.9. The Balaban J connectivity index is 1.83. The summed E-state index contributed by atoms with van der Waals surface area (Å²) in [7, 11) is -9.84. The maximum atomic E-state index is 12.8. The van der Waals surface area contributed by atoms with Crippen molar-refractivity contribution >= 4 is 32.6 Å². The average Bonchev–Trinajstić information content (AvgIpc) is 2.47. The van der Waals surface area contributed by atoms with E-state index in [1.54, 1.807) is 0 Å². The lowest BCUT2D eigenvalue weighted by Crippen LogP contribution is -2.46. The highest BCUT2D eigenvalue weighted by Crippen LogP contribution is 2.18. The molecule has 1 fully saturated rings. The van der Waals surface area contributed by atoms with Crippen LogP contribution in [0.1, 0.15) is 12.8 Å². The SMILES string of the molecule is O=C(Nc1ccc(OS(=O)(=O)F)cc1)NC1CCN(S(=O)(=O)F)CC1. The van der Waals surface area contributed by atoms with Crippen molar-refractivity contribution in [2.45, 2.75) is 18.9 Å². The van der Waals surface area contributed by atoms with Crippen molar-refractivity contribution in [1.82, 2.24) is 9.62 Å². The maximum absolute atomic E-state index is 12.8. The molecule has 0 aromatic heterocycles. The molecule has 0 radical (unpaired) electrons. The van der Waals surface area contributed by atoms with E-state index in [0.29, 0.717) is 9.99 Å². The molecule has 9 nitrogen and oxygen atoms in total. The lowest BCUT2D eigenvalue weighted by molar-refractivity contribution is 0.237. The molecule has 0 unspecified atom stereocenters. The monoisotopic (exact) mass is 399 g/mol. The minimum atomic E-state index is -5.12. The Morgan fingerprint density at radius 3 is 2.12 bits per heavy atom. The van der Waals surface area contributed by atoms with E-state index in [0.717, 1.165) is 12.1 Å². The zero-order valence-corrected chi connectivity index (χ0v) is 14.3. The second-order valence-corrected chi connectivity index (χ2v) is 7.51. The highest BCUT2D eigenvalue weighted by atomic mass is 32.3. The summed E-state index contributed by atoms with van der Waals surface area (Å²) in [5.74, 6) is -0.256. The van der Waals surface area contributed by atoms with Crippen molar-refractivity contribution in [2.24, 2.45) is 0 Å². The van der Waals surface area contributed by atoms with Crippen LogP contribution in [0.15, 0.2) is 24.3 Å². The highest BCUT2D eigenvalue weighted by Gasteiger charge is 2.28. The number of hydrogen-bond acceptors (Lipinski definition) is 6. The van der Waals surface area contributed by atoms with Gasteiger partial charge in [-0.15, -0.1) is 0 Å². The van der Waals surface area contributed by atoms with E-state index in [9.17, 15) is 29.4 Å². The number of nitrogens with one attached hydrogen (secondary N) is 2. The normalized spacial score (nSPS) is 17.0. The summed E-state index contributed by atoms with van der Waals surface area (Å²) in [6.07, 6.45) is 0.523. The Morgan fingerprint density at radius 2 is 1.64 bits per heavy atom. The third-order valence-corrected chi connectivity index (χ3v) is 4.78. The minimum absolute atomic E-state index is 0.0342. The molecular formula is C12H15F2N3O6S2. The van der Waals surface area contributed by atoms with Crippen molar-refractivity contribution in [3.8, 4) is 5.75 Å². The van der Waals surface area contributed by atoms with Gasteiger partial charge in [-0.3, -0.25) is 0 Å². The third kappa shape index (κ3) is 6.43. The molecule has 0 aliphatic carbocycles. The van der Waals surface area contributed by atoms with Crippen LogP contribution < -0.4 is 14.8 Å². The minimum Gasteiger partial charge on any atom is -0.358 e. The number of halogens is 2. The number of carbonyl (C=O) groups excluding carboxylic acids is 1. The first kappa shape index (κ1) is 19.3. The number of piperidine rings is 1. The van der Waals surface area contributed by atoms with Crippen molar-refractivity contribution in [3.63, 3.8) is 0 Å². The Bertz CT molecular complexity index is 821. The van der Waals surface area contributed by atoms with E-state index in [4.69, 9.17) is 0 Å². The third-order valence-electron chi connectivity index (χ3n) is 3.41. The molecule has 2 N–H and O–H groups in total. The number of urea groups is 1. The lowest BCUT2D eigenvalue weighted by atomic mass is 10.1. The van der Waals surface area contributed by atoms with Crippen LogP contribution in [0.4, 0.5) is 18.3 Å². The van der Waals surface area contributed by atoms with Gasteiger partial charge in [-0.1, -0.05) is 7.77 Å². The summed E-state index contributed by atoms with van der Waals surface area (Å²) in [6.45, 7) is -0.0684. The van der Waals surface area contributed by atoms with Gasteiger partial charge in [0.05, 0.1) is 0 Å². The first-order chi connectivity index (χ1) is 11.5. The number of benzene rings is 1. The van der Waals surface area contributed by atoms with Crippen LogP contribution in [-0.2, 0) is 20.9 Å². The molecule has 1 aliphatic heterocycles. The van der Waals surface area contributed by atoms with Gasteiger partial charge >= 0.3 is 26.9 Å². The van der Waals surface area contributed by atoms with Gasteiger partial charge in [-0.2, -0.15) is 21.1 Å². The second kappa shape index (κ2) is 7.49. The van der Waals surface area contributed by atoms with Crippen LogP contribution in [0.5, 0.6) is 5.75 Å². The van der Waals surface area contributed by atoms with Gasteiger partial charge in [-0.05, 0) is 37.1 Å². The molecule has 25 heavy (non-hydrogen) atoms. The summed E-state index contributed by atoms with van der Waals surface area (Å²) < 4.78 is 72.1. The Hall–Kier alpha value is -1.99. The van der Waals surface area contributed by atoms with Crippen molar-refractivity contribution in [2.75, 3.05) is 18.4 Å². The first-order valence-corrected chi connectivity index (χ1v) is 9.69. The maximum Gasteiger partial charge on any atom is 0.488 e. The molecule has 140 valence electrons. The zero-order valence-electron chi connectivity index (χ0n) is 12.7. The Morgan fingerprint density at radius 1 is 1.08 bits per heavy atom. The van der Waals surface area contributed by atoms with E-state index in [1.807, 2.05) is 0 Å². The van der Waals surface area contributed by atoms with Crippen molar-refractivity contribution < 1.29 is 33.6 Å². The highest BCUT2D eigenvalue weighted by molar-refractivity contribution is 7.84. The molecule has 1 heterocycles. The number of carbonyl (C=O) groups is 1. The van der Waals surface area contributed by atoms with Crippen LogP contribution in [0.25, 0.3) is 0 Å². The summed E-state index contributed by atoms with van der Waals surface area (Å²) in [5, 5.41) is 5.08. The molecule has 0 spiro atoms. The summed E-state index contributed by atoms with van der Waals surface area (Å²) >= 11 is 0. The molecular weight excluding hydrogens is 384 g/mol. The number of hydrogen-bond donors (Lipinski definition) is 2. The van der Waals surface area contributed by atoms with Crippen LogP contribution in [-0.4, -0.2) is 46.3 Å². The van der Waals surface area contributed by atoms with Gasteiger partial charge in [0.25, 0.3) is 0 Å². The number of rotatable bonds is 5. The standard InChI is InChI=1S/C12H15F2N3O6S2/c13-24(19,20)17-7-5-10(6-8-17)16-12(18)15-9-1-3-11(4-2-9)23-25(14,21)22/h1-4,10H,5-8H2,(H2,15,16,18). The molecule has 1 aromatic rings. The largest absolute Gasteiger partial charge is 0.488 e. The topological polar surface area (TPSA) is 122 Å². The van der Waals surface area contributed by atoms with Crippen molar-refractivity contribution in [1.29, 1.82) is 0 Å². The lowest BCUT2D eigenvalue weighted by Gasteiger charge is -2.29. The van der Waals surface area contributed by atoms with Gasteiger partial charge in [0, 0.05) is 24.8 Å². The predicted octanol–water partition coefficient (Wildman–Crippen LogP) is 1.08. The molecule has 1 aliphatic rings. The van der Waals surface area contributed by atoms with Gasteiger partial charge < -0.3 is 14.8 Å².